The molecule has 2 aromatic carbocycles. The highest BCUT2D eigenvalue weighted by molar-refractivity contribution is 5.92. The van der Waals surface area contributed by atoms with Crippen LogP contribution in [0.5, 0.6) is 34.5 Å². The monoisotopic (exact) mass is 500 g/mol. The molecule has 0 bridgehead atoms. The summed E-state index contributed by atoms with van der Waals surface area (Å²) in [5.41, 5.74) is 1.27. The standard InChI is InChI=1S/C26H32N2O8/c1-33-19-13-17(14-20(34-2)25(19)31)7-9-23(29)27-11-5-6-12-28-24(30)10-8-18-15-21(35-3)26(32)22(16-18)36-4/h7-10,13-16,31-32H,5-6,11-12H2,1-4H3,(H,27,29)(H,28,30)/b9-7+,10-8+. The number of amides is 2. The molecule has 0 atom stereocenters. The maximum atomic E-state index is 12.0. The van der Waals surface area contributed by atoms with Crippen LogP contribution in [0.4, 0.5) is 0 Å². The Bertz CT molecular complexity index is 974. The summed E-state index contributed by atoms with van der Waals surface area (Å²) in [6.45, 7) is 0.897. The maximum Gasteiger partial charge on any atom is 0.243 e. The van der Waals surface area contributed by atoms with Gasteiger partial charge in [-0.15, -0.1) is 0 Å². The molecule has 0 heterocycles. The molecule has 36 heavy (non-hydrogen) atoms. The van der Waals surface area contributed by atoms with E-state index in [9.17, 15) is 19.8 Å². The van der Waals surface area contributed by atoms with Crippen molar-refractivity contribution in [2.24, 2.45) is 0 Å². The summed E-state index contributed by atoms with van der Waals surface area (Å²) in [6.07, 6.45) is 7.29. The smallest absolute Gasteiger partial charge is 0.243 e. The van der Waals surface area contributed by atoms with Gasteiger partial charge in [-0.1, -0.05) is 0 Å². The quantitative estimate of drug-likeness (QED) is 0.244. The molecule has 2 aromatic rings. The lowest BCUT2D eigenvalue weighted by Crippen LogP contribution is -2.25. The molecule has 0 spiro atoms. The summed E-state index contributed by atoms with van der Waals surface area (Å²) >= 11 is 0. The third-order valence-electron chi connectivity index (χ3n) is 5.06. The molecule has 0 aliphatic rings. The Balaban J connectivity index is 1.72. The molecule has 194 valence electrons. The van der Waals surface area contributed by atoms with Crippen molar-refractivity contribution in [3.63, 3.8) is 0 Å². The van der Waals surface area contributed by atoms with E-state index in [-0.39, 0.29) is 46.3 Å². The van der Waals surface area contributed by atoms with Gasteiger partial charge in [0.1, 0.15) is 0 Å². The van der Waals surface area contributed by atoms with Gasteiger partial charge < -0.3 is 39.8 Å². The van der Waals surface area contributed by atoms with Gasteiger partial charge in [-0.2, -0.15) is 0 Å². The second-order valence-corrected chi connectivity index (χ2v) is 7.50. The minimum atomic E-state index is -0.271. The number of benzene rings is 2. The zero-order valence-corrected chi connectivity index (χ0v) is 20.8. The predicted molar refractivity (Wildman–Crippen MR) is 136 cm³/mol. The third kappa shape index (κ3) is 8.15. The van der Waals surface area contributed by atoms with Crippen LogP contribution in [-0.2, 0) is 9.59 Å². The van der Waals surface area contributed by atoms with E-state index in [0.717, 1.165) is 0 Å². The average molecular weight is 501 g/mol. The minimum Gasteiger partial charge on any atom is -0.502 e. The van der Waals surface area contributed by atoms with Gasteiger partial charge in [-0.3, -0.25) is 9.59 Å². The Morgan fingerprint density at radius 1 is 0.667 bits per heavy atom. The predicted octanol–water partition coefficient (Wildman–Crippen LogP) is 2.87. The first-order valence-electron chi connectivity index (χ1n) is 11.1. The number of unbranched alkanes of at least 4 members (excludes halogenated alkanes) is 1. The first-order chi connectivity index (χ1) is 17.3. The van der Waals surface area contributed by atoms with Gasteiger partial charge in [0.2, 0.25) is 23.3 Å². The maximum absolute atomic E-state index is 12.0. The van der Waals surface area contributed by atoms with Crippen LogP contribution < -0.4 is 29.6 Å². The highest BCUT2D eigenvalue weighted by Gasteiger charge is 2.11. The lowest BCUT2D eigenvalue weighted by Gasteiger charge is -2.09. The molecule has 0 aliphatic carbocycles. The van der Waals surface area contributed by atoms with E-state index < -0.39 is 0 Å². The summed E-state index contributed by atoms with van der Waals surface area (Å²) in [6, 6.07) is 6.36. The van der Waals surface area contributed by atoms with E-state index in [1.165, 1.54) is 40.6 Å². The lowest BCUT2D eigenvalue weighted by atomic mass is 10.1. The molecule has 2 amide bonds. The van der Waals surface area contributed by atoms with Crippen molar-refractivity contribution in [3.05, 3.63) is 47.5 Å². The first kappa shape index (κ1) is 27.9. The number of aromatic hydroxyl groups is 2. The van der Waals surface area contributed by atoms with Crippen LogP contribution in [0.2, 0.25) is 0 Å². The van der Waals surface area contributed by atoms with E-state index in [1.54, 1.807) is 36.4 Å². The molecule has 4 N–H and O–H groups in total. The molecular weight excluding hydrogens is 468 g/mol. The Morgan fingerprint density at radius 3 is 1.25 bits per heavy atom. The van der Waals surface area contributed by atoms with Gasteiger partial charge in [0.25, 0.3) is 0 Å². The molecular formula is C26H32N2O8. The van der Waals surface area contributed by atoms with Gasteiger partial charge in [0, 0.05) is 25.2 Å². The van der Waals surface area contributed by atoms with Crippen molar-refractivity contribution < 1.29 is 38.7 Å². The molecule has 0 unspecified atom stereocenters. The number of hydrogen-bond donors (Lipinski definition) is 4. The van der Waals surface area contributed by atoms with Crippen molar-refractivity contribution in [1.82, 2.24) is 10.6 Å². The molecule has 0 saturated carbocycles. The zero-order chi connectivity index (χ0) is 26.5. The van der Waals surface area contributed by atoms with Crippen LogP contribution in [0.25, 0.3) is 12.2 Å². The second-order valence-electron chi connectivity index (χ2n) is 7.50. The van der Waals surface area contributed by atoms with Crippen LogP contribution in [0.15, 0.2) is 36.4 Å². The Labute approximate surface area is 210 Å². The average Bonchev–Trinajstić information content (AvgIpc) is 2.89. The van der Waals surface area contributed by atoms with Gasteiger partial charge in [0.15, 0.2) is 23.0 Å². The van der Waals surface area contributed by atoms with Crippen molar-refractivity contribution in [2.75, 3.05) is 41.5 Å². The molecule has 10 nitrogen and oxygen atoms in total. The van der Waals surface area contributed by atoms with Crippen molar-refractivity contribution in [2.45, 2.75) is 12.8 Å². The number of nitrogens with one attached hydrogen (secondary N) is 2. The number of carbonyl (C=O) groups is 2. The topological polar surface area (TPSA) is 136 Å². The molecule has 0 fully saturated rings. The summed E-state index contributed by atoms with van der Waals surface area (Å²) in [4.78, 5) is 24.1. The molecule has 0 aromatic heterocycles. The summed E-state index contributed by atoms with van der Waals surface area (Å²) in [5, 5.41) is 25.4. The summed E-state index contributed by atoms with van der Waals surface area (Å²) < 4.78 is 20.4. The number of phenols is 2. The number of phenolic OH excluding ortho intramolecular Hbond substituents is 2. The number of carbonyl (C=O) groups excluding carboxylic acids is 2. The van der Waals surface area contributed by atoms with Gasteiger partial charge in [-0.25, -0.2) is 0 Å². The minimum absolute atomic E-state index is 0.106. The fourth-order valence-electron chi connectivity index (χ4n) is 3.15. The molecule has 0 saturated heterocycles. The largest absolute Gasteiger partial charge is 0.502 e. The number of rotatable bonds is 13. The van der Waals surface area contributed by atoms with E-state index in [1.807, 2.05) is 0 Å². The number of methoxy groups -OCH3 is 4. The second kappa shape index (κ2) is 14.1. The van der Waals surface area contributed by atoms with Crippen molar-refractivity contribution in [1.29, 1.82) is 0 Å². The van der Waals surface area contributed by atoms with Crippen LogP contribution in [-0.4, -0.2) is 63.6 Å². The third-order valence-corrected chi connectivity index (χ3v) is 5.06. The van der Waals surface area contributed by atoms with Gasteiger partial charge in [-0.05, 0) is 60.4 Å². The number of ether oxygens (including phenoxy) is 4. The molecule has 2 rings (SSSR count). The van der Waals surface area contributed by atoms with E-state index in [0.29, 0.717) is 37.1 Å². The number of hydrogen-bond acceptors (Lipinski definition) is 8. The molecule has 0 aliphatic heterocycles. The van der Waals surface area contributed by atoms with Gasteiger partial charge in [0.05, 0.1) is 28.4 Å². The fourth-order valence-corrected chi connectivity index (χ4v) is 3.15. The molecule has 0 radical (unpaired) electrons. The Kier molecular flexibility index (Phi) is 11.0. The van der Waals surface area contributed by atoms with Crippen LogP contribution in [0, 0.1) is 0 Å². The Morgan fingerprint density at radius 2 is 0.972 bits per heavy atom. The Hall–Kier alpha value is -4.34. The van der Waals surface area contributed by atoms with E-state index >= 15 is 0 Å². The lowest BCUT2D eigenvalue weighted by molar-refractivity contribution is -0.117. The van der Waals surface area contributed by atoms with Gasteiger partial charge >= 0.3 is 0 Å². The van der Waals surface area contributed by atoms with Crippen molar-refractivity contribution >= 4 is 24.0 Å². The fraction of sp³-hybridized carbons (Fsp3) is 0.308. The first-order valence-corrected chi connectivity index (χ1v) is 11.1. The SMILES string of the molecule is COc1cc(/C=C/C(=O)NCCCCNC(=O)/C=C/c2cc(OC)c(O)c(OC)c2)cc(OC)c1O. The van der Waals surface area contributed by atoms with E-state index in [4.69, 9.17) is 18.9 Å². The molecule has 10 heteroatoms. The highest BCUT2D eigenvalue weighted by atomic mass is 16.5. The summed E-state index contributed by atoms with van der Waals surface area (Å²) in [7, 11) is 5.71. The van der Waals surface area contributed by atoms with E-state index in [2.05, 4.69) is 10.6 Å². The van der Waals surface area contributed by atoms with Crippen LogP contribution in [0.1, 0.15) is 24.0 Å². The highest BCUT2D eigenvalue weighted by Crippen LogP contribution is 2.38. The normalized spacial score (nSPS) is 10.9. The van der Waals surface area contributed by atoms with Crippen molar-refractivity contribution in [3.8, 4) is 34.5 Å². The zero-order valence-electron chi connectivity index (χ0n) is 20.8. The van der Waals surface area contributed by atoms with Crippen LogP contribution in [0.3, 0.4) is 0 Å². The van der Waals surface area contributed by atoms with Crippen LogP contribution >= 0.6 is 0 Å². The summed E-state index contributed by atoms with van der Waals surface area (Å²) in [5.74, 6) is 0.223.